The van der Waals surface area contributed by atoms with Gasteiger partial charge in [0.25, 0.3) is 0 Å². The van der Waals surface area contributed by atoms with Crippen LogP contribution in [0, 0.1) is 11.8 Å². The monoisotopic (exact) mass is 338 g/mol. The van der Waals surface area contributed by atoms with Gasteiger partial charge in [-0.15, -0.1) is 0 Å². The van der Waals surface area contributed by atoms with Gasteiger partial charge in [-0.2, -0.15) is 0 Å². The van der Waals surface area contributed by atoms with Crippen molar-refractivity contribution < 1.29 is 14.3 Å². The Bertz CT molecular complexity index is 743. The molecule has 5 nitrogen and oxygen atoms in total. The van der Waals surface area contributed by atoms with Gasteiger partial charge in [0.1, 0.15) is 5.60 Å². The molecule has 5 rings (SSSR count). The summed E-state index contributed by atoms with van der Waals surface area (Å²) >= 11 is 0. The molecule has 1 aromatic rings. The van der Waals surface area contributed by atoms with E-state index in [1.165, 1.54) is 5.56 Å². The number of amides is 2. The summed E-state index contributed by atoms with van der Waals surface area (Å²) in [4.78, 5) is 27.6. The van der Waals surface area contributed by atoms with E-state index in [1.54, 1.807) is 0 Å². The van der Waals surface area contributed by atoms with Crippen molar-refractivity contribution in [3.05, 3.63) is 48.0 Å². The Morgan fingerprint density at radius 2 is 2.08 bits per heavy atom. The fraction of sp³-hybridized carbons (Fsp3) is 0.500. The second-order valence-corrected chi connectivity index (χ2v) is 7.68. The number of ether oxygens (including phenoxy) is 1. The van der Waals surface area contributed by atoms with E-state index in [9.17, 15) is 9.59 Å². The molecule has 1 saturated carbocycles. The normalized spacial score (nSPS) is 35.3. The van der Waals surface area contributed by atoms with Gasteiger partial charge in [0.2, 0.25) is 11.8 Å². The average molecular weight is 338 g/mol. The second-order valence-electron chi connectivity index (χ2n) is 7.68. The van der Waals surface area contributed by atoms with Crippen molar-refractivity contribution in [1.82, 2.24) is 10.2 Å². The number of rotatable bonds is 5. The van der Waals surface area contributed by atoms with E-state index in [0.717, 1.165) is 19.3 Å². The highest BCUT2D eigenvalue weighted by molar-refractivity contribution is 5.93. The van der Waals surface area contributed by atoms with Gasteiger partial charge in [0.05, 0.1) is 24.5 Å². The molecule has 3 fully saturated rings. The van der Waals surface area contributed by atoms with E-state index < -0.39 is 5.60 Å². The van der Waals surface area contributed by atoms with Crippen LogP contribution < -0.4 is 5.32 Å². The summed E-state index contributed by atoms with van der Waals surface area (Å²) in [6.07, 6.45) is 6.66. The van der Waals surface area contributed by atoms with E-state index >= 15 is 0 Å². The Hall–Kier alpha value is -2.14. The fourth-order valence-electron chi connectivity index (χ4n) is 4.50. The minimum atomic E-state index is -0.593. The number of hydrogen-bond acceptors (Lipinski definition) is 3. The lowest BCUT2D eigenvalue weighted by molar-refractivity contribution is -0.137. The molecule has 2 amide bonds. The van der Waals surface area contributed by atoms with Gasteiger partial charge in [-0.25, -0.2) is 0 Å². The molecule has 0 aromatic heterocycles. The highest BCUT2D eigenvalue weighted by atomic mass is 16.5. The highest BCUT2D eigenvalue weighted by Gasteiger charge is 2.66. The van der Waals surface area contributed by atoms with Crippen LogP contribution in [-0.2, 0) is 20.7 Å². The zero-order chi connectivity index (χ0) is 17.0. The number of nitrogens with one attached hydrogen (secondary N) is 1. The summed E-state index contributed by atoms with van der Waals surface area (Å²) in [6.45, 7) is 1.23. The van der Waals surface area contributed by atoms with Gasteiger partial charge >= 0.3 is 0 Å². The van der Waals surface area contributed by atoms with Crippen molar-refractivity contribution in [2.24, 2.45) is 11.8 Å². The molecule has 1 spiro atoms. The number of hydrogen-bond donors (Lipinski definition) is 1. The summed E-state index contributed by atoms with van der Waals surface area (Å²) in [5.41, 5.74) is 0.623. The molecule has 3 aliphatic heterocycles. The highest BCUT2D eigenvalue weighted by Crippen LogP contribution is 2.52. The fourth-order valence-corrected chi connectivity index (χ4v) is 4.50. The quantitative estimate of drug-likeness (QED) is 0.823. The predicted molar refractivity (Wildman–Crippen MR) is 91.6 cm³/mol. The summed E-state index contributed by atoms with van der Waals surface area (Å²) < 4.78 is 6.14. The lowest BCUT2D eigenvalue weighted by Crippen LogP contribution is -2.44. The topological polar surface area (TPSA) is 58.6 Å². The van der Waals surface area contributed by atoms with Crippen LogP contribution >= 0.6 is 0 Å². The molecule has 0 radical (unpaired) electrons. The Kier molecular flexibility index (Phi) is 3.29. The Morgan fingerprint density at radius 1 is 1.28 bits per heavy atom. The van der Waals surface area contributed by atoms with Crippen molar-refractivity contribution >= 4 is 11.8 Å². The molecule has 25 heavy (non-hydrogen) atoms. The minimum Gasteiger partial charge on any atom is -0.360 e. The number of likely N-dealkylation sites (tertiary alicyclic amines) is 1. The first-order valence-corrected chi connectivity index (χ1v) is 9.17. The summed E-state index contributed by atoms with van der Waals surface area (Å²) in [5.74, 6) is -0.683. The maximum absolute atomic E-state index is 13.0. The molecule has 0 unspecified atom stereocenters. The summed E-state index contributed by atoms with van der Waals surface area (Å²) in [7, 11) is 0. The summed E-state index contributed by atoms with van der Waals surface area (Å²) in [5, 5.41) is 3.06. The lowest BCUT2D eigenvalue weighted by atomic mass is 9.77. The largest absolute Gasteiger partial charge is 0.360 e. The second kappa shape index (κ2) is 5.43. The molecule has 4 atom stereocenters. The van der Waals surface area contributed by atoms with Gasteiger partial charge in [-0.3, -0.25) is 9.59 Å². The van der Waals surface area contributed by atoms with Crippen molar-refractivity contribution in [2.45, 2.75) is 37.0 Å². The van der Waals surface area contributed by atoms with Crippen LogP contribution in [0.1, 0.15) is 18.4 Å². The Labute approximate surface area is 147 Å². The molecule has 2 saturated heterocycles. The number of nitrogens with zero attached hydrogens (tertiary/aromatic N) is 1. The minimum absolute atomic E-state index is 0.0121. The van der Waals surface area contributed by atoms with Crippen molar-refractivity contribution in [3.8, 4) is 0 Å². The SMILES string of the molecule is O=C(NC1CC1)[C@H]1[C@H]2C=C[C@@]3(CN(CCc4ccccc4)C(=O)[C@@H]13)O2. The number of benzene rings is 1. The van der Waals surface area contributed by atoms with Crippen molar-refractivity contribution in [3.63, 3.8) is 0 Å². The Balaban J connectivity index is 1.33. The molecular weight excluding hydrogens is 316 g/mol. The van der Waals surface area contributed by atoms with E-state index in [4.69, 9.17) is 4.74 Å². The molecule has 1 N–H and O–H groups in total. The third-order valence-electron chi connectivity index (χ3n) is 5.92. The van der Waals surface area contributed by atoms with E-state index in [2.05, 4.69) is 17.4 Å². The molecule has 1 aliphatic carbocycles. The molecular formula is C20H22N2O3. The van der Waals surface area contributed by atoms with Crippen LogP contribution in [0.3, 0.4) is 0 Å². The summed E-state index contributed by atoms with van der Waals surface area (Å²) in [6, 6.07) is 10.5. The molecule has 130 valence electrons. The zero-order valence-electron chi connectivity index (χ0n) is 14.1. The maximum Gasteiger partial charge on any atom is 0.230 e. The van der Waals surface area contributed by atoms with Gasteiger partial charge in [0, 0.05) is 12.6 Å². The Morgan fingerprint density at radius 3 is 2.84 bits per heavy atom. The maximum atomic E-state index is 13.0. The van der Waals surface area contributed by atoms with E-state index in [0.29, 0.717) is 19.1 Å². The van der Waals surface area contributed by atoms with Crippen molar-refractivity contribution in [1.29, 1.82) is 0 Å². The number of carbonyl (C=O) groups excluding carboxylic acids is 2. The molecule has 4 aliphatic rings. The predicted octanol–water partition coefficient (Wildman–Crippen LogP) is 1.29. The van der Waals surface area contributed by atoms with Crippen LogP contribution in [0.15, 0.2) is 42.5 Å². The molecule has 3 heterocycles. The van der Waals surface area contributed by atoms with Gasteiger partial charge < -0.3 is 15.0 Å². The van der Waals surface area contributed by atoms with Crippen molar-refractivity contribution in [2.75, 3.05) is 13.1 Å². The number of carbonyl (C=O) groups is 2. The van der Waals surface area contributed by atoms with E-state index in [-0.39, 0.29) is 29.8 Å². The van der Waals surface area contributed by atoms with Crippen LogP contribution in [0.25, 0.3) is 0 Å². The first-order valence-electron chi connectivity index (χ1n) is 9.17. The van der Waals surface area contributed by atoms with Gasteiger partial charge in [-0.1, -0.05) is 42.5 Å². The molecule has 5 heteroatoms. The van der Waals surface area contributed by atoms with Crippen LogP contribution in [0.5, 0.6) is 0 Å². The molecule has 1 aromatic carbocycles. The lowest BCUT2D eigenvalue weighted by Gasteiger charge is -2.23. The van der Waals surface area contributed by atoms with Crippen LogP contribution in [0.4, 0.5) is 0 Å². The zero-order valence-corrected chi connectivity index (χ0v) is 14.1. The smallest absolute Gasteiger partial charge is 0.230 e. The van der Waals surface area contributed by atoms with Gasteiger partial charge in [-0.05, 0) is 24.8 Å². The molecule has 2 bridgehead atoms. The first-order chi connectivity index (χ1) is 12.2. The first kappa shape index (κ1) is 15.1. The van der Waals surface area contributed by atoms with Gasteiger partial charge in [0.15, 0.2) is 0 Å². The third kappa shape index (κ3) is 2.41. The standard InChI is InChI=1S/C20H22N2O3/c23-18(21-14-6-7-14)16-15-8-10-20(25-15)12-22(19(24)17(16)20)11-9-13-4-2-1-3-5-13/h1-5,8,10,14-17H,6-7,9,11-12H2,(H,21,23)/t15-,16+,17-,20+/m1/s1. The average Bonchev–Trinajstić information content (AvgIpc) is 3.16. The van der Waals surface area contributed by atoms with Crippen LogP contribution in [0.2, 0.25) is 0 Å². The number of fused-ring (bicyclic) bond motifs is 1. The van der Waals surface area contributed by atoms with Crippen LogP contribution in [-0.4, -0.2) is 47.6 Å². The van der Waals surface area contributed by atoms with E-state index in [1.807, 2.05) is 35.3 Å². The third-order valence-corrected chi connectivity index (χ3v) is 5.92.